The minimum atomic E-state index is -0.920. The number of rotatable bonds is 7. The zero-order chi connectivity index (χ0) is 28.2. The molecule has 2 heterocycles. The summed E-state index contributed by atoms with van der Waals surface area (Å²) in [6.45, 7) is 0.394. The van der Waals surface area contributed by atoms with Crippen LogP contribution in [0.5, 0.6) is 11.5 Å². The van der Waals surface area contributed by atoms with Crippen LogP contribution < -0.4 is 14.8 Å². The van der Waals surface area contributed by atoms with Gasteiger partial charge in [0.1, 0.15) is 30.3 Å². The molecule has 3 aromatic carbocycles. The molecule has 0 spiro atoms. The van der Waals surface area contributed by atoms with Crippen LogP contribution in [0.25, 0.3) is 10.9 Å². The van der Waals surface area contributed by atoms with Gasteiger partial charge in [-0.2, -0.15) is 0 Å². The molecule has 0 bridgehead atoms. The fourth-order valence-corrected chi connectivity index (χ4v) is 5.04. The van der Waals surface area contributed by atoms with Crippen molar-refractivity contribution in [3.63, 3.8) is 0 Å². The van der Waals surface area contributed by atoms with Crippen molar-refractivity contribution >= 4 is 46.3 Å². The summed E-state index contributed by atoms with van der Waals surface area (Å²) in [5.41, 5.74) is 3.75. The summed E-state index contributed by atoms with van der Waals surface area (Å²) in [5, 5.41) is 14.7. The highest BCUT2D eigenvalue weighted by atomic mass is 35.5. The number of halogens is 2. The SMILES string of the molecule is COC(=O)NCC(O)COc1ccc(C2c3[nH]c4ccc(Cl)cc4c3CCN2C(=O)Oc2ccc(Cl)cc2)cc1.[HH]. The lowest BCUT2D eigenvalue weighted by Crippen LogP contribution is -2.42. The Balaban J connectivity index is 0.00000387. The van der Waals surface area contributed by atoms with E-state index in [2.05, 4.69) is 15.0 Å². The van der Waals surface area contributed by atoms with E-state index >= 15 is 0 Å². The van der Waals surface area contributed by atoms with Crippen molar-refractivity contribution < 1.29 is 30.3 Å². The van der Waals surface area contributed by atoms with Crippen molar-refractivity contribution in [1.82, 2.24) is 15.2 Å². The molecule has 11 heteroatoms. The largest absolute Gasteiger partial charge is 0.491 e. The fourth-order valence-electron chi connectivity index (χ4n) is 4.74. The summed E-state index contributed by atoms with van der Waals surface area (Å²) in [6, 6.07) is 19.1. The second kappa shape index (κ2) is 12.1. The second-order valence-electron chi connectivity index (χ2n) is 9.28. The summed E-state index contributed by atoms with van der Waals surface area (Å²) in [5.74, 6) is 0.919. The molecule has 9 nitrogen and oxygen atoms in total. The number of aromatic amines is 1. The van der Waals surface area contributed by atoms with Crippen LogP contribution >= 0.6 is 23.2 Å². The molecule has 1 aromatic heterocycles. The molecular weight excluding hydrogens is 557 g/mol. The maximum Gasteiger partial charge on any atom is 0.416 e. The first-order valence-corrected chi connectivity index (χ1v) is 13.3. The van der Waals surface area contributed by atoms with Gasteiger partial charge in [0.05, 0.1) is 13.7 Å². The Morgan fingerprint density at radius 1 is 1.07 bits per heavy atom. The zero-order valence-corrected chi connectivity index (χ0v) is 23.0. The van der Waals surface area contributed by atoms with Gasteiger partial charge in [0.25, 0.3) is 0 Å². The van der Waals surface area contributed by atoms with Crippen LogP contribution in [0.2, 0.25) is 10.0 Å². The number of H-pyrrole nitrogens is 1. The molecule has 5 rings (SSSR count). The summed E-state index contributed by atoms with van der Waals surface area (Å²) < 4.78 is 15.9. The molecule has 40 heavy (non-hydrogen) atoms. The maximum absolute atomic E-state index is 13.4. The Hall–Kier alpha value is -3.92. The topological polar surface area (TPSA) is 113 Å². The number of aliphatic hydroxyl groups excluding tert-OH is 1. The van der Waals surface area contributed by atoms with Gasteiger partial charge in [0, 0.05) is 34.6 Å². The average molecular weight is 586 g/mol. The summed E-state index contributed by atoms with van der Waals surface area (Å²) in [4.78, 5) is 29.8. The number of hydrogen-bond acceptors (Lipinski definition) is 6. The van der Waals surface area contributed by atoms with E-state index < -0.39 is 24.3 Å². The van der Waals surface area contributed by atoms with Gasteiger partial charge in [0.15, 0.2) is 0 Å². The normalized spacial score (nSPS) is 15.3. The molecule has 2 amide bonds. The molecule has 4 aromatic rings. The molecule has 1 aliphatic rings. The molecule has 0 fully saturated rings. The minimum Gasteiger partial charge on any atom is -0.491 e. The maximum atomic E-state index is 13.4. The van der Waals surface area contributed by atoms with Crippen LogP contribution in [-0.2, 0) is 11.2 Å². The van der Waals surface area contributed by atoms with E-state index in [1.165, 1.54) is 7.11 Å². The number of ether oxygens (including phenoxy) is 3. The molecular formula is C29H29Cl2N3O6. The van der Waals surface area contributed by atoms with E-state index in [0.717, 1.165) is 27.7 Å². The first-order chi connectivity index (χ1) is 19.3. The van der Waals surface area contributed by atoms with Crippen molar-refractivity contribution in [3.8, 4) is 11.5 Å². The van der Waals surface area contributed by atoms with Gasteiger partial charge in [-0.25, -0.2) is 9.59 Å². The smallest absolute Gasteiger partial charge is 0.416 e. The van der Waals surface area contributed by atoms with Crippen molar-refractivity contribution in [2.45, 2.75) is 18.6 Å². The number of aliphatic hydroxyl groups is 1. The lowest BCUT2D eigenvalue weighted by Gasteiger charge is -2.35. The molecule has 0 aliphatic carbocycles. The predicted octanol–water partition coefficient (Wildman–Crippen LogP) is 5.96. The standard InChI is InChI=1S/C29H27Cl2N3O6.H2/c1-38-28(36)32-15-20(35)16-39-21-7-2-17(3-8-21)27-26-23(24-14-19(31)6-11-25(24)33-26)12-13-34(27)29(37)40-22-9-4-18(30)5-10-22;/h2-11,14,20,27,33,35H,12-13,15-16H2,1H3,(H,32,36);1H. The van der Waals surface area contributed by atoms with Crippen LogP contribution in [0.4, 0.5) is 9.59 Å². The van der Waals surface area contributed by atoms with Gasteiger partial charge in [-0.1, -0.05) is 35.3 Å². The lowest BCUT2D eigenvalue weighted by atomic mass is 9.92. The van der Waals surface area contributed by atoms with E-state index in [4.69, 9.17) is 32.7 Å². The number of fused-ring (bicyclic) bond motifs is 3. The number of carbonyl (C=O) groups excluding carboxylic acids is 2. The molecule has 0 saturated heterocycles. The highest BCUT2D eigenvalue weighted by Crippen LogP contribution is 2.40. The van der Waals surface area contributed by atoms with Crippen molar-refractivity contribution in [3.05, 3.63) is 93.6 Å². The Morgan fingerprint density at radius 3 is 2.50 bits per heavy atom. The predicted molar refractivity (Wildman–Crippen MR) is 154 cm³/mol. The van der Waals surface area contributed by atoms with E-state index in [-0.39, 0.29) is 14.6 Å². The van der Waals surface area contributed by atoms with Gasteiger partial charge in [-0.3, -0.25) is 4.90 Å². The highest BCUT2D eigenvalue weighted by molar-refractivity contribution is 6.31. The molecule has 210 valence electrons. The monoisotopic (exact) mass is 585 g/mol. The van der Waals surface area contributed by atoms with Crippen LogP contribution in [0.1, 0.15) is 24.3 Å². The van der Waals surface area contributed by atoms with E-state index in [0.29, 0.717) is 34.5 Å². The Bertz CT molecular complexity index is 1510. The summed E-state index contributed by atoms with van der Waals surface area (Å²) in [6.07, 6.45) is -1.42. The van der Waals surface area contributed by atoms with E-state index in [1.54, 1.807) is 41.3 Å². The fraction of sp³-hybridized carbons (Fsp3) is 0.241. The molecule has 0 radical (unpaired) electrons. The van der Waals surface area contributed by atoms with Crippen molar-refractivity contribution in [2.75, 3.05) is 26.8 Å². The molecule has 2 unspecified atom stereocenters. The number of alkyl carbamates (subject to hydrolysis) is 1. The molecule has 2 atom stereocenters. The Morgan fingerprint density at radius 2 is 1.77 bits per heavy atom. The zero-order valence-electron chi connectivity index (χ0n) is 21.5. The number of aromatic nitrogens is 1. The minimum absolute atomic E-state index is 0. The quantitative estimate of drug-likeness (QED) is 0.246. The van der Waals surface area contributed by atoms with Gasteiger partial charge >= 0.3 is 12.2 Å². The van der Waals surface area contributed by atoms with Crippen molar-refractivity contribution in [1.29, 1.82) is 0 Å². The third-order valence-electron chi connectivity index (χ3n) is 6.65. The van der Waals surface area contributed by atoms with Crippen LogP contribution in [0.15, 0.2) is 66.7 Å². The molecule has 0 saturated carbocycles. The van der Waals surface area contributed by atoms with Gasteiger partial charge in [-0.05, 0) is 72.1 Å². The second-order valence-corrected chi connectivity index (χ2v) is 10.2. The third-order valence-corrected chi connectivity index (χ3v) is 7.14. The first-order valence-electron chi connectivity index (χ1n) is 12.6. The number of methoxy groups -OCH3 is 1. The van der Waals surface area contributed by atoms with E-state index in [1.807, 2.05) is 30.3 Å². The van der Waals surface area contributed by atoms with Gasteiger partial charge in [-0.15, -0.1) is 0 Å². The van der Waals surface area contributed by atoms with Crippen LogP contribution in [-0.4, -0.2) is 60.1 Å². The number of carbonyl (C=O) groups is 2. The number of nitrogens with zero attached hydrogens (tertiary/aromatic N) is 1. The van der Waals surface area contributed by atoms with Gasteiger partial charge in [0.2, 0.25) is 0 Å². The molecule has 1 aliphatic heterocycles. The summed E-state index contributed by atoms with van der Waals surface area (Å²) >= 11 is 12.3. The number of hydrogen-bond donors (Lipinski definition) is 3. The van der Waals surface area contributed by atoms with Gasteiger partial charge < -0.3 is 29.6 Å². The lowest BCUT2D eigenvalue weighted by molar-refractivity contribution is 0.102. The number of benzene rings is 3. The van der Waals surface area contributed by atoms with Crippen LogP contribution in [0, 0.1) is 0 Å². The van der Waals surface area contributed by atoms with E-state index in [9.17, 15) is 14.7 Å². The molecule has 3 N–H and O–H groups in total. The first kappa shape index (κ1) is 27.6. The Kier molecular flexibility index (Phi) is 8.35. The summed E-state index contributed by atoms with van der Waals surface area (Å²) in [7, 11) is 1.25. The number of nitrogens with one attached hydrogen (secondary N) is 2. The highest BCUT2D eigenvalue weighted by Gasteiger charge is 2.35. The average Bonchev–Trinajstić information content (AvgIpc) is 3.33. The number of amides is 2. The third kappa shape index (κ3) is 6.12. The Labute approximate surface area is 242 Å². The van der Waals surface area contributed by atoms with Crippen LogP contribution in [0.3, 0.4) is 0 Å². The van der Waals surface area contributed by atoms with Crippen molar-refractivity contribution in [2.24, 2.45) is 0 Å².